The van der Waals surface area contributed by atoms with Crippen LogP contribution in [0.25, 0.3) is 0 Å². The number of amides is 1. The second-order valence-corrected chi connectivity index (χ2v) is 6.07. The van der Waals surface area contributed by atoms with E-state index < -0.39 is 12.0 Å². The highest BCUT2D eigenvalue weighted by atomic mass is 19.1. The molecule has 1 amide bonds. The molecular formula is C19H18FNO3. The van der Waals surface area contributed by atoms with Crippen molar-refractivity contribution in [3.63, 3.8) is 0 Å². The van der Waals surface area contributed by atoms with Crippen LogP contribution in [0.2, 0.25) is 0 Å². The molecule has 124 valence electrons. The standard InChI is InChI=1S/C19H18FNO3/c20-14-8-4-7-13(9-14)15-10-16(15)19(24)21-17(11-18(22)23)12-5-2-1-3-6-12/h1-9,15-17H,10-11H2,(H,21,24)(H,22,23)/t15-,16+,17-/m0/s1. The van der Waals surface area contributed by atoms with E-state index >= 15 is 0 Å². The predicted molar refractivity (Wildman–Crippen MR) is 86.8 cm³/mol. The molecule has 3 atom stereocenters. The van der Waals surface area contributed by atoms with Gasteiger partial charge < -0.3 is 10.4 Å². The van der Waals surface area contributed by atoms with Gasteiger partial charge in [-0.15, -0.1) is 0 Å². The highest BCUT2D eigenvalue weighted by molar-refractivity contribution is 5.84. The van der Waals surface area contributed by atoms with E-state index in [2.05, 4.69) is 5.32 Å². The van der Waals surface area contributed by atoms with Gasteiger partial charge in [0.1, 0.15) is 5.82 Å². The van der Waals surface area contributed by atoms with Crippen molar-refractivity contribution in [3.8, 4) is 0 Å². The molecule has 1 aliphatic carbocycles. The van der Waals surface area contributed by atoms with Gasteiger partial charge in [0.2, 0.25) is 5.91 Å². The lowest BCUT2D eigenvalue weighted by Gasteiger charge is -2.17. The maximum atomic E-state index is 13.3. The molecule has 2 aromatic rings. The topological polar surface area (TPSA) is 66.4 Å². The van der Waals surface area contributed by atoms with Crippen molar-refractivity contribution in [3.05, 3.63) is 71.5 Å². The Balaban J connectivity index is 1.67. The maximum Gasteiger partial charge on any atom is 0.305 e. The molecule has 1 fully saturated rings. The van der Waals surface area contributed by atoms with Crippen LogP contribution < -0.4 is 5.32 Å². The molecule has 4 nitrogen and oxygen atoms in total. The summed E-state index contributed by atoms with van der Waals surface area (Å²) in [4.78, 5) is 23.5. The van der Waals surface area contributed by atoms with Gasteiger partial charge in [-0.1, -0.05) is 42.5 Å². The summed E-state index contributed by atoms with van der Waals surface area (Å²) < 4.78 is 13.3. The third kappa shape index (κ3) is 3.79. The van der Waals surface area contributed by atoms with Crippen molar-refractivity contribution in [1.82, 2.24) is 5.32 Å². The van der Waals surface area contributed by atoms with Gasteiger partial charge in [-0.3, -0.25) is 9.59 Å². The quantitative estimate of drug-likeness (QED) is 0.856. The van der Waals surface area contributed by atoms with Gasteiger partial charge in [0.05, 0.1) is 12.5 Å². The van der Waals surface area contributed by atoms with Crippen LogP contribution in [0.1, 0.15) is 35.9 Å². The van der Waals surface area contributed by atoms with E-state index in [0.717, 1.165) is 11.1 Å². The second-order valence-electron chi connectivity index (χ2n) is 6.07. The summed E-state index contributed by atoms with van der Waals surface area (Å²) in [6.45, 7) is 0. The largest absolute Gasteiger partial charge is 0.481 e. The monoisotopic (exact) mass is 327 g/mol. The average molecular weight is 327 g/mol. The van der Waals surface area contributed by atoms with Crippen molar-refractivity contribution in [2.24, 2.45) is 5.92 Å². The van der Waals surface area contributed by atoms with Crippen LogP contribution in [-0.2, 0) is 9.59 Å². The Labute approximate surface area is 139 Å². The molecule has 1 saturated carbocycles. The number of rotatable bonds is 6. The van der Waals surface area contributed by atoms with Crippen LogP contribution in [0.3, 0.4) is 0 Å². The minimum atomic E-state index is -0.971. The Bertz CT molecular complexity index is 747. The first-order chi connectivity index (χ1) is 11.5. The Morgan fingerprint density at radius 3 is 2.58 bits per heavy atom. The lowest BCUT2D eigenvalue weighted by Crippen LogP contribution is -2.31. The van der Waals surface area contributed by atoms with E-state index in [0.29, 0.717) is 6.42 Å². The summed E-state index contributed by atoms with van der Waals surface area (Å²) >= 11 is 0. The van der Waals surface area contributed by atoms with Gasteiger partial charge >= 0.3 is 5.97 Å². The third-order valence-electron chi connectivity index (χ3n) is 4.30. The molecule has 1 aliphatic rings. The highest BCUT2D eigenvalue weighted by Gasteiger charge is 2.44. The third-order valence-corrected chi connectivity index (χ3v) is 4.30. The van der Waals surface area contributed by atoms with Gasteiger partial charge in [-0.2, -0.15) is 0 Å². The SMILES string of the molecule is O=C(O)C[C@H](NC(=O)[C@@H]1C[C@H]1c1cccc(F)c1)c1ccccc1. The molecule has 0 bridgehead atoms. The summed E-state index contributed by atoms with van der Waals surface area (Å²) in [5, 5.41) is 11.9. The zero-order valence-corrected chi connectivity index (χ0v) is 13.0. The number of halogens is 1. The Morgan fingerprint density at radius 2 is 1.92 bits per heavy atom. The van der Waals surface area contributed by atoms with E-state index in [1.165, 1.54) is 12.1 Å². The van der Waals surface area contributed by atoms with Crippen molar-refractivity contribution in [2.75, 3.05) is 0 Å². The molecule has 5 heteroatoms. The smallest absolute Gasteiger partial charge is 0.305 e. The predicted octanol–water partition coefficient (Wildman–Crippen LogP) is 3.26. The van der Waals surface area contributed by atoms with E-state index in [1.807, 2.05) is 24.3 Å². The van der Waals surface area contributed by atoms with Crippen LogP contribution in [-0.4, -0.2) is 17.0 Å². The first-order valence-corrected chi connectivity index (χ1v) is 7.87. The summed E-state index contributed by atoms with van der Waals surface area (Å²) in [6.07, 6.45) is 0.483. The molecule has 0 aliphatic heterocycles. The van der Waals surface area contributed by atoms with Crippen LogP contribution in [0.4, 0.5) is 4.39 Å². The van der Waals surface area contributed by atoms with E-state index in [-0.39, 0.29) is 30.0 Å². The number of carbonyl (C=O) groups excluding carboxylic acids is 1. The fourth-order valence-corrected chi connectivity index (χ4v) is 2.98. The number of carbonyl (C=O) groups is 2. The number of hydrogen-bond acceptors (Lipinski definition) is 2. The average Bonchev–Trinajstić information content (AvgIpc) is 3.35. The maximum absolute atomic E-state index is 13.3. The zero-order valence-electron chi connectivity index (χ0n) is 13.0. The molecule has 0 aromatic heterocycles. The molecule has 2 aromatic carbocycles. The highest BCUT2D eigenvalue weighted by Crippen LogP contribution is 2.47. The number of aliphatic carboxylic acids is 1. The molecule has 0 unspecified atom stereocenters. The molecule has 2 N–H and O–H groups in total. The first-order valence-electron chi connectivity index (χ1n) is 7.87. The van der Waals surface area contributed by atoms with E-state index in [1.54, 1.807) is 18.2 Å². The van der Waals surface area contributed by atoms with Gasteiger partial charge in [-0.05, 0) is 35.6 Å². The number of carboxylic acids is 1. The lowest BCUT2D eigenvalue weighted by molar-refractivity contribution is -0.137. The number of benzene rings is 2. The molecule has 3 rings (SSSR count). The van der Waals surface area contributed by atoms with Gasteiger partial charge in [0.15, 0.2) is 0 Å². The minimum Gasteiger partial charge on any atom is -0.481 e. The zero-order chi connectivity index (χ0) is 17.1. The molecule has 0 heterocycles. The molecule has 0 radical (unpaired) electrons. The number of nitrogens with one attached hydrogen (secondary N) is 1. The van der Waals surface area contributed by atoms with Crippen LogP contribution >= 0.6 is 0 Å². The van der Waals surface area contributed by atoms with Crippen LogP contribution in [0.5, 0.6) is 0 Å². The molecule has 0 spiro atoms. The Hall–Kier alpha value is -2.69. The van der Waals surface area contributed by atoms with Gasteiger partial charge in [0.25, 0.3) is 0 Å². The fraction of sp³-hybridized carbons (Fsp3) is 0.263. The van der Waals surface area contributed by atoms with Gasteiger partial charge in [0, 0.05) is 5.92 Å². The van der Waals surface area contributed by atoms with Crippen molar-refractivity contribution in [1.29, 1.82) is 0 Å². The normalized spacial score (nSPS) is 20.2. The van der Waals surface area contributed by atoms with E-state index in [9.17, 15) is 14.0 Å². The van der Waals surface area contributed by atoms with Crippen molar-refractivity contribution >= 4 is 11.9 Å². The molecule has 0 saturated heterocycles. The Kier molecular flexibility index (Phi) is 4.60. The molecule has 24 heavy (non-hydrogen) atoms. The Morgan fingerprint density at radius 1 is 1.17 bits per heavy atom. The van der Waals surface area contributed by atoms with Crippen LogP contribution in [0.15, 0.2) is 54.6 Å². The van der Waals surface area contributed by atoms with Gasteiger partial charge in [-0.25, -0.2) is 4.39 Å². The summed E-state index contributed by atoms with van der Waals surface area (Å²) in [5.74, 6) is -1.69. The summed E-state index contributed by atoms with van der Waals surface area (Å²) in [6, 6.07) is 14.8. The number of hydrogen-bond donors (Lipinski definition) is 2. The van der Waals surface area contributed by atoms with Crippen molar-refractivity contribution < 1.29 is 19.1 Å². The van der Waals surface area contributed by atoms with E-state index in [4.69, 9.17) is 5.11 Å². The lowest BCUT2D eigenvalue weighted by atomic mass is 10.0. The summed E-state index contributed by atoms with van der Waals surface area (Å²) in [5.41, 5.74) is 1.57. The summed E-state index contributed by atoms with van der Waals surface area (Å²) in [7, 11) is 0. The second kappa shape index (κ2) is 6.83. The van der Waals surface area contributed by atoms with Crippen molar-refractivity contribution in [2.45, 2.75) is 24.8 Å². The van der Waals surface area contributed by atoms with Crippen LogP contribution in [0, 0.1) is 11.7 Å². The molecular weight excluding hydrogens is 309 g/mol. The number of carboxylic acid groups (broad SMARTS) is 1. The first kappa shape index (κ1) is 16.2. The minimum absolute atomic E-state index is 0.00181. The fourth-order valence-electron chi connectivity index (χ4n) is 2.98.